The fraction of sp³-hybridized carbons (Fsp3) is 0.933. The second kappa shape index (κ2) is 5.31. The lowest BCUT2D eigenvalue weighted by atomic mass is 9.99. The number of carbonyl (C=O) groups excluding carboxylic acids is 1. The first-order chi connectivity index (χ1) is 8.79. The van der Waals surface area contributed by atoms with E-state index in [0.717, 1.165) is 25.9 Å². The highest BCUT2D eigenvalue weighted by molar-refractivity contribution is 5.74. The fourth-order valence-electron chi connectivity index (χ4n) is 3.38. The molecule has 0 aliphatic carbocycles. The predicted molar refractivity (Wildman–Crippen MR) is 76.3 cm³/mol. The highest BCUT2D eigenvalue weighted by Crippen LogP contribution is 2.29. The molecule has 2 heterocycles. The molecule has 2 aliphatic heterocycles. The SMILES string of the molecule is CC1(C)CN(C(=O)N2CCCCCC2)CC(C)(C)O1. The van der Waals surface area contributed by atoms with Crippen LogP contribution in [0.5, 0.6) is 0 Å². The number of hydrogen-bond donors (Lipinski definition) is 0. The van der Waals surface area contributed by atoms with E-state index in [-0.39, 0.29) is 17.2 Å². The zero-order valence-corrected chi connectivity index (χ0v) is 12.9. The molecule has 0 N–H and O–H groups in total. The second-order valence-electron chi connectivity index (χ2n) is 7.16. The molecule has 2 saturated heterocycles. The van der Waals surface area contributed by atoms with Crippen molar-refractivity contribution in [3.8, 4) is 0 Å². The maximum atomic E-state index is 12.7. The maximum absolute atomic E-state index is 12.7. The number of ether oxygens (including phenoxy) is 1. The largest absolute Gasteiger partial charge is 0.366 e. The lowest BCUT2D eigenvalue weighted by molar-refractivity contribution is -0.171. The summed E-state index contributed by atoms with van der Waals surface area (Å²) in [5.74, 6) is 0. The number of urea groups is 1. The van der Waals surface area contributed by atoms with Gasteiger partial charge in [0.05, 0.1) is 24.3 Å². The van der Waals surface area contributed by atoms with Gasteiger partial charge in [-0.1, -0.05) is 12.8 Å². The summed E-state index contributed by atoms with van der Waals surface area (Å²) in [6, 6.07) is 0.200. The van der Waals surface area contributed by atoms with Crippen LogP contribution in [-0.2, 0) is 4.74 Å². The van der Waals surface area contributed by atoms with Crippen molar-refractivity contribution in [2.24, 2.45) is 0 Å². The molecule has 2 aliphatic rings. The van der Waals surface area contributed by atoms with Crippen molar-refractivity contribution in [2.75, 3.05) is 26.2 Å². The molecule has 4 nitrogen and oxygen atoms in total. The summed E-state index contributed by atoms with van der Waals surface area (Å²) in [6.07, 6.45) is 4.79. The van der Waals surface area contributed by atoms with Crippen LogP contribution < -0.4 is 0 Å². The Labute approximate surface area is 117 Å². The van der Waals surface area contributed by atoms with Crippen LogP contribution in [0, 0.1) is 0 Å². The van der Waals surface area contributed by atoms with Gasteiger partial charge in [0.15, 0.2) is 0 Å². The average Bonchev–Trinajstić information content (AvgIpc) is 2.52. The van der Waals surface area contributed by atoms with Gasteiger partial charge >= 0.3 is 6.03 Å². The summed E-state index contributed by atoms with van der Waals surface area (Å²) >= 11 is 0. The highest BCUT2D eigenvalue weighted by Gasteiger charge is 2.41. The van der Waals surface area contributed by atoms with E-state index in [1.54, 1.807) is 0 Å². The lowest BCUT2D eigenvalue weighted by Gasteiger charge is -2.48. The monoisotopic (exact) mass is 268 g/mol. The molecular weight excluding hydrogens is 240 g/mol. The van der Waals surface area contributed by atoms with Gasteiger partial charge in [-0.2, -0.15) is 0 Å². The highest BCUT2D eigenvalue weighted by atomic mass is 16.5. The standard InChI is InChI=1S/C15H28N2O2/c1-14(2)11-17(12-15(3,4)19-14)13(18)16-9-7-5-6-8-10-16/h5-12H2,1-4H3. The quantitative estimate of drug-likeness (QED) is 0.677. The minimum Gasteiger partial charge on any atom is -0.366 e. The van der Waals surface area contributed by atoms with Gasteiger partial charge < -0.3 is 14.5 Å². The van der Waals surface area contributed by atoms with Crippen molar-refractivity contribution >= 4 is 6.03 Å². The Bertz CT molecular complexity index is 315. The number of hydrogen-bond acceptors (Lipinski definition) is 2. The van der Waals surface area contributed by atoms with Crippen molar-refractivity contribution in [3.63, 3.8) is 0 Å². The van der Waals surface area contributed by atoms with Crippen molar-refractivity contribution in [2.45, 2.75) is 64.6 Å². The molecule has 0 saturated carbocycles. The van der Waals surface area contributed by atoms with E-state index in [1.807, 2.05) is 9.80 Å². The first-order valence-electron chi connectivity index (χ1n) is 7.53. The Morgan fingerprint density at radius 1 is 0.842 bits per heavy atom. The number of morpholine rings is 1. The predicted octanol–water partition coefficient (Wildman–Crippen LogP) is 2.87. The summed E-state index contributed by atoms with van der Waals surface area (Å²) in [6.45, 7) is 11.5. The smallest absolute Gasteiger partial charge is 0.320 e. The van der Waals surface area contributed by atoms with E-state index in [9.17, 15) is 4.79 Å². The molecule has 4 heteroatoms. The molecule has 0 aromatic heterocycles. The van der Waals surface area contributed by atoms with Crippen molar-refractivity contribution in [1.82, 2.24) is 9.80 Å². The van der Waals surface area contributed by atoms with Gasteiger partial charge in [0.1, 0.15) is 0 Å². The molecule has 110 valence electrons. The minimum absolute atomic E-state index is 0.200. The Kier molecular flexibility index (Phi) is 4.09. The third kappa shape index (κ3) is 3.85. The van der Waals surface area contributed by atoms with E-state index < -0.39 is 0 Å². The van der Waals surface area contributed by atoms with Gasteiger partial charge in [0.2, 0.25) is 0 Å². The Balaban J connectivity index is 2.05. The molecular formula is C15H28N2O2. The molecule has 0 aromatic rings. The zero-order valence-electron chi connectivity index (χ0n) is 12.9. The van der Waals surface area contributed by atoms with Gasteiger partial charge in [0.25, 0.3) is 0 Å². The number of amides is 2. The van der Waals surface area contributed by atoms with E-state index in [2.05, 4.69) is 27.7 Å². The summed E-state index contributed by atoms with van der Waals surface area (Å²) in [5.41, 5.74) is -0.521. The van der Waals surface area contributed by atoms with Gasteiger partial charge in [0, 0.05) is 13.1 Å². The van der Waals surface area contributed by atoms with Crippen LogP contribution in [0.3, 0.4) is 0 Å². The molecule has 0 unspecified atom stereocenters. The average molecular weight is 268 g/mol. The molecule has 0 aromatic carbocycles. The molecule has 19 heavy (non-hydrogen) atoms. The second-order valence-corrected chi connectivity index (χ2v) is 7.16. The van der Waals surface area contributed by atoms with Crippen LogP contribution in [0.4, 0.5) is 4.79 Å². The van der Waals surface area contributed by atoms with Crippen LogP contribution >= 0.6 is 0 Å². The molecule has 0 atom stereocenters. The van der Waals surface area contributed by atoms with Gasteiger partial charge in [-0.05, 0) is 40.5 Å². The summed E-state index contributed by atoms with van der Waals surface area (Å²) in [5, 5.41) is 0. The molecule has 0 radical (unpaired) electrons. The van der Waals surface area contributed by atoms with Crippen LogP contribution in [-0.4, -0.2) is 53.2 Å². The van der Waals surface area contributed by atoms with E-state index in [1.165, 1.54) is 12.8 Å². The normalized spacial score (nSPS) is 26.9. The first-order valence-corrected chi connectivity index (χ1v) is 7.53. The van der Waals surface area contributed by atoms with Crippen LogP contribution in [0.25, 0.3) is 0 Å². The van der Waals surface area contributed by atoms with Crippen molar-refractivity contribution < 1.29 is 9.53 Å². The summed E-state index contributed by atoms with van der Waals surface area (Å²) in [7, 11) is 0. The number of carbonyl (C=O) groups is 1. The van der Waals surface area contributed by atoms with Crippen LogP contribution in [0.2, 0.25) is 0 Å². The van der Waals surface area contributed by atoms with E-state index >= 15 is 0 Å². The number of rotatable bonds is 0. The van der Waals surface area contributed by atoms with E-state index in [4.69, 9.17) is 4.74 Å². The Morgan fingerprint density at radius 3 is 1.79 bits per heavy atom. The van der Waals surface area contributed by atoms with Gasteiger partial charge in [-0.3, -0.25) is 0 Å². The van der Waals surface area contributed by atoms with Crippen molar-refractivity contribution in [3.05, 3.63) is 0 Å². The number of likely N-dealkylation sites (tertiary alicyclic amines) is 1. The van der Waals surface area contributed by atoms with E-state index in [0.29, 0.717) is 13.1 Å². The molecule has 0 spiro atoms. The third-order valence-corrected chi connectivity index (χ3v) is 3.84. The van der Waals surface area contributed by atoms with Gasteiger partial charge in [-0.25, -0.2) is 4.79 Å². The first kappa shape index (κ1) is 14.6. The lowest BCUT2D eigenvalue weighted by Crippen LogP contribution is -2.60. The zero-order chi connectivity index (χ0) is 14.1. The van der Waals surface area contributed by atoms with Crippen molar-refractivity contribution in [1.29, 1.82) is 0 Å². The Hall–Kier alpha value is -0.770. The van der Waals surface area contributed by atoms with Crippen LogP contribution in [0.15, 0.2) is 0 Å². The van der Waals surface area contributed by atoms with Crippen LogP contribution in [0.1, 0.15) is 53.4 Å². The maximum Gasteiger partial charge on any atom is 0.320 e. The topological polar surface area (TPSA) is 32.8 Å². The third-order valence-electron chi connectivity index (χ3n) is 3.84. The minimum atomic E-state index is -0.261. The summed E-state index contributed by atoms with van der Waals surface area (Å²) in [4.78, 5) is 16.7. The molecule has 0 bridgehead atoms. The summed E-state index contributed by atoms with van der Waals surface area (Å²) < 4.78 is 6.04. The Morgan fingerprint density at radius 2 is 1.32 bits per heavy atom. The molecule has 2 amide bonds. The van der Waals surface area contributed by atoms with Gasteiger partial charge in [-0.15, -0.1) is 0 Å². The number of nitrogens with zero attached hydrogens (tertiary/aromatic N) is 2. The fourth-order valence-corrected chi connectivity index (χ4v) is 3.38. The molecule has 2 fully saturated rings. The molecule has 2 rings (SSSR count).